The highest BCUT2D eigenvalue weighted by atomic mass is 16.5. The van der Waals surface area contributed by atoms with E-state index in [0.29, 0.717) is 19.7 Å². The predicted molar refractivity (Wildman–Crippen MR) is 83.2 cm³/mol. The monoisotopic (exact) mass is 317 g/mol. The molecule has 1 N–H and O–H groups in total. The summed E-state index contributed by atoms with van der Waals surface area (Å²) in [6.45, 7) is 3.17. The SMILES string of the molecule is Cc1ccc2c(CC(=O)N3CCO[C@H](CC(=O)O)C3)coc2c1. The molecule has 0 radical (unpaired) electrons. The first-order valence-corrected chi connectivity index (χ1v) is 7.61. The third kappa shape index (κ3) is 3.53. The molecule has 6 heteroatoms. The molecule has 1 aromatic heterocycles. The van der Waals surface area contributed by atoms with E-state index >= 15 is 0 Å². The van der Waals surface area contributed by atoms with Crippen LogP contribution in [0.15, 0.2) is 28.9 Å². The van der Waals surface area contributed by atoms with Gasteiger partial charge in [0.1, 0.15) is 5.58 Å². The Morgan fingerprint density at radius 3 is 3.00 bits per heavy atom. The van der Waals surface area contributed by atoms with E-state index in [-0.39, 0.29) is 18.7 Å². The molecule has 0 saturated carbocycles. The molecule has 2 aromatic rings. The molecule has 3 rings (SSSR count). The zero-order chi connectivity index (χ0) is 16.4. The molecule has 1 amide bonds. The number of aliphatic carboxylic acids is 1. The van der Waals surface area contributed by atoms with E-state index in [2.05, 4.69) is 0 Å². The molecule has 0 bridgehead atoms. The summed E-state index contributed by atoms with van der Waals surface area (Å²) in [7, 11) is 0. The van der Waals surface area contributed by atoms with Crippen molar-refractivity contribution in [2.75, 3.05) is 19.7 Å². The smallest absolute Gasteiger partial charge is 0.306 e. The first-order chi connectivity index (χ1) is 11.0. The number of ether oxygens (including phenoxy) is 1. The highest BCUT2D eigenvalue weighted by Crippen LogP contribution is 2.23. The number of fused-ring (bicyclic) bond motifs is 1. The zero-order valence-electron chi connectivity index (χ0n) is 12.9. The first-order valence-electron chi connectivity index (χ1n) is 7.61. The molecule has 0 aliphatic carbocycles. The number of furan rings is 1. The first kappa shape index (κ1) is 15.6. The average molecular weight is 317 g/mol. The van der Waals surface area contributed by atoms with Crippen LogP contribution in [0.3, 0.4) is 0 Å². The zero-order valence-corrected chi connectivity index (χ0v) is 12.9. The molecule has 1 saturated heterocycles. The van der Waals surface area contributed by atoms with Gasteiger partial charge in [-0.25, -0.2) is 0 Å². The van der Waals surface area contributed by atoms with Gasteiger partial charge in [0.15, 0.2) is 0 Å². The van der Waals surface area contributed by atoms with Crippen molar-refractivity contribution in [1.82, 2.24) is 4.90 Å². The fourth-order valence-electron chi connectivity index (χ4n) is 2.87. The quantitative estimate of drug-likeness (QED) is 0.933. The van der Waals surface area contributed by atoms with Crippen molar-refractivity contribution in [3.63, 3.8) is 0 Å². The molecule has 1 aliphatic heterocycles. The minimum atomic E-state index is -0.916. The van der Waals surface area contributed by atoms with Crippen LogP contribution in [0.5, 0.6) is 0 Å². The lowest BCUT2D eigenvalue weighted by atomic mass is 10.1. The van der Waals surface area contributed by atoms with E-state index in [1.54, 1.807) is 11.2 Å². The number of carbonyl (C=O) groups is 2. The molecule has 0 spiro atoms. The van der Waals surface area contributed by atoms with Crippen LogP contribution in [0.1, 0.15) is 17.5 Å². The van der Waals surface area contributed by atoms with Crippen molar-refractivity contribution in [1.29, 1.82) is 0 Å². The number of carbonyl (C=O) groups excluding carboxylic acids is 1. The molecular weight excluding hydrogens is 298 g/mol. The summed E-state index contributed by atoms with van der Waals surface area (Å²) < 4.78 is 10.9. The van der Waals surface area contributed by atoms with Gasteiger partial charge in [-0.05, 0) is 18.6 Å². The molecule has 1 atom stereocenters. The van der Waals surface area contributed by atoms with Gasteiger partial charge in [-0.2, -0.15) is 0 Å². The summed E-state index contributed by atoms with van der Waals surface area (Å²) in [5.41, 5.74) is 2.74. The summed E-state index contributed by atoms with van der Waals surface area (Å²) in [5.74, 6) is -0.951. The molecule has 1 aliphatic rings. The van der Waals surface area contributed by atoms with Crippen LogP contribution in [-0.4, -0.2) is 47.7 Å². The summed E-state index contributed by atoms with van der Waals surface area (Å²) in [6.07, 6.45) is 1.35. The molecule has 2 heterocycles. The Morgan fingerprint density at radius 2 is 2.22 bits per heavy atom. The maximum Gasteiger partial charge on any atom is 0.306 e. The third-order valence-corrected chi connectivity index (χ3v) is 4.05. The number of amides is 1. The topological polar surface area (TPSA) is 80.0 Å². The van der Waals surface area contributed by atoms with Gasteiger partial charge in [-0.15, -0.1) is 0 Å². The summed E-state index contributed by atoms with van der Waals surface area (Å²) in [6, 6.07) is 5.90. The molecular formula is C17H19NO5. The number of nitrogens with zero attached hydrogens (tertiary/aromatic N) is 1. The minimum Gasteiger partial charge on any atom is -0.481 e. The van der Waals surface area contributed by atoms with Crippen LogP contribution < -0.4 is 0 Å². The molecule has 0 unspecified atom stereocenters. The number of hydrogen-bond acceptors (Lipinski definition) is 4. The van der Waals surface area contributed by atoms with Crippen LogP contribution in [-0.2, 0) is 20.7 Å². The Hall–Kier alpha value is -2.34. The number of aryl methyl sites for hydroxylation is 1. The molecule has 23 heavy (non-hydrogen) atoms. The van der Waals surface area contributed by atoms with E-state index in [1.165, 1.54) is 0 Å². The highest BCUT2D eigenvalue weighted by Gasteiger charge is 2.26. The van der Waals surface area contributed by atoms with Crippen molar-refractivity contribution in [3.8, 4) is 0 Å². The van der Waals surface area contributed by atoms with Crippen LogP contribution in [0.4, 0.5) is 0 Å². The van der Waals surface area contributed by atoms with Gasteiger partial charge in [-0.3, -0.25) is 9.59 Å². The second-order valence-electron chi connectivity index (χ2n) is 5.87. The van der Waals surface area contributed by atoms with E-state index in [9.17, 15) is 9.59 Å². The van der Waals surface area contributed by atoms with Crippen molar-refractivity contribution in [2.24, 2.45) is 0 Å². The van der Waals surface area contributed by atoms with Gasteiger partial charge < -0.3 is 19.2 Å². The second kappa shape index (κ2) is 6.42. The third-order valence-electron chi connectivity index (χ3n) is 4.05. The van der Waals surface area contributed by atoms with Crippen molar-refractivity contribution < 1.29 is 23.8 Å². The normalized spacial score (nSPS) is 18.3. The van der Waals surface area contributed by atoms with Crippen LogP contribution in [0.25, 0.3) is 11.0 Å². The number of carboxylic acid groups (broad SMARTS) is 1. The van der Waals surface area contributed by atoms with Gasteiger partial charge in [0.05, 0.1) is 31.8 Å². The number of benzene rings is 1. The van der Waals surface area contributed by atoms with Gasteiger partial charge in [0.2, 0.25) is 5.91 Å². The van der Waals surface area contributed by atoms with Crippen molar-refractivity contribution in [2.45, 2.75) is 25.9 Å². The van der Waals surface area contributed by atoms with Crippen molar-refractivity contribution >= 4 is 22.8 Å². The van der Waals surface area contributed by atoms with E-state index < -0.39 is 12.1 Å². The molecule has 6 nitrogen and oxygen atoms in total. The maximum absolute atomic E-state index is 12.5. The van der Waals surface area contributed by atoms with Crippen LogP contribution in [0.2, 0.25) is 0 Å². The van der Waals surface area contributed by atoms with Gasteiger partial charge in [0, 0.05) is 24.0 Å². The minimum absolute atomic E-state index is 0.0352. The van der Waals surface area contributed by atoms with Crippen molar-refractivity contribution in [3.05, 3.63) is 35.6 Å². The van der Waals surface area contributed by atoms with Gasteiger partial charge in [-0.1, -0.05) is 12.1 Å². The lowest BCUT2D eigenvalue weighted by molar-refractivity contribution is -0.147. The molecule has 1 aromatic carbocycles. The van der Waals surface area contributed by atoms with Gasteiger partial charge >= 0.3 is 5.97 Å². The maximum atomic E-state index is 12.5. The Morgan fingerprint density at radius 1 is 1.39 bits per heavy atom. The lowest BCUT2D eigenvalue weighted by Gasteiger charge is -2.32. The Bertz CT molecular complexity index is 736. The van der Waals surface area contributed by atoms with E-state index in [0.717, 1.165) is 22.1 Å². The Balaban J connectivity index is 1.69. The number of hydrogen-bond donors (Lipinski definition) is 1. The Labute approximate surface area is 133 Å². The lowest BCUT2D eigenvalue weighted by Crippen LogP contribution is -2.46. The average Bonchev–Trinajstić information content (AvgIpc) is 2.89. The second-order valence-corrected chi connectivity index (χ2v) is 5.87. The van der Waals surface area contributed by atoms with Gasteiger partial charge in [0.25, 0.3) is 0 Å². The fourth-order valence-corrected chi connectivity index (χ4v) is 2.87. The summed E-state index contributed by atoms with van der Waals surface area (Å²) in [5, 5.41) is 9.79. The standard InChI is InChI=1S/C17H19NO5/c1-11-2-3-14-12(10-23-15(14)6-11)7-16(19)18-4-5-22-13(9-18)8-17(20)21/h2-3,6,10,13H,4-5,7-9H2,1H3,(H,20,21)/t13-/m1/s1. The van der Waals surface area contributed by atoms with E-state index in [4.69, 9.17) is 14.3 Å². The predicted octanol–water partition coefficient (Wildman–Crippen LogP) is 1.99. The fraction of sp³-hybridized carbons (Fsp3) is 0.412. The van der Waals surface area contributed by atoms with E-state index in [1.807, 2.05) is 25.1 Å². The molecule has 122 valence electrons. The molecule has 1 fully saturated rings. The highest BCUT2D eigenvalue weighted by molar-refractivity contribution is 5.88. The Kier molecular flexibility index (Phi) is 4.34. The number of carboxylic acids is 1. The van der Waals surface area contributed by atoms with Crippen LogP contribution in [0, 0.1) is 6.92 Å². The number of morpholine rings is 1. The van der Waals surface area contributed by atoms with Crippen LogP contribution >= 0.6 is 0 Å². The largest absolute Gasteiger partial charge is 0.481 e. The summed E-state index contributed by atoms with van der Waals surface area (Å²) in [4.78, 5) is 24.9. The summed E-state index contributed by atoms with van der Waals surface area (Å²) >= 11 is 0. The number of rotatable bonds is 4.